The third kappa shape index (κ3) is 4.65. The lowest BCUT2D eigenvalue weighted by atomic mass is 10.2. The number of benzene rings is 1. The van der Waals surface area contributed by atoms with Crippen LogP contribution in [0.25, 0.3) is 10.6 Å². The van der Waals surface area contributed by atoms with Crippen LogP contribution in [0.15, 0.2) is 47.8 Å². The fraction of sp³-hybridized carbons (Fsp3) is 0.118. The Bertz CT molecular complexity index is 874. The third-order valence-electron chi connectivity index (χ3n) is 3.24. The lowest BCUT2D eigenvalue weighted by Crippen LogP contribution is -2.28. The molecular formula is C17H15N3O3S2. The van der Waals surface area contributed by atoms with Gasteiger partial charge in [0, 0.05) is 10.3 Å². The van der Waals surface area contributed by atoms with E-state index in [1.807, 2.05) is 17.5 Å². The molecule has 0 unspecified atom stereocenters. The number of thiophene rings is 1. The highest BCUT2D eigenvalue weighted by Crippen LogP contribution is 2.29. The first-order chi connectivity index (χ1) is 12.1. The molecule has 0 fully saturated rings. The van der Waals surface area contributed by atoms with Crippen LogP contribution in [-0.2, 0) is 16.1 Å². The topological polar surface area (TPSA) is 94.3 Å². The highest BCUT2D eigenvalue weighted by molar-refractivity contribution is 7.16. The van der Waals surface area contributed by atoms with Crippen LogP contribution in [0.2, 0.25) is 0 Å². The molecule has 3 rings (SSSR count). The Morgan fingerprint density at radius 3 is 2.68 bits per heavy atom. The molecule has 3 N–H and O–H groups in total. The van der Waals surface area contributed by atoms with Gasteiger partial charge < -0.3 is 15.8 Å². The first-order valence-corrected chi connectivity index (χ1v) is 9.10. The van der Waals surface area contributed by atoms with Crippen molar-refractivity contribution in [2.24, 2.45) is 0 Å². The Balaban J connectivity index is 1.46. The van der Waals surface area contributed by atoms with Crippen LogP contribution in [0.5, 0.6) is 0 Å². The minimum Gasteiger partial charge on any atom is -0.452 e. The highest BCUT2D eigenvalue weighted by Gasteiger charge is 2.11. The van der Waals surface area contributed by atoms with Gasteiger partial charge in [0.25, 0.3) is 5.91 Å². The summed E-state index contributed by atoms with van der Waals surface area (Å²) < 4.78 is 4.99. The molecule has 0 saturated carbocycles. The number of nitrogens with zero attached hydrogens (tertiary/aromatic N) is 1. The average Bonchev–Trinajstić information content (AvgIpc) is 3.27. The molecule has 0 spiro atoms. The maximum absolute atomic E-state index is 11.8. The van der Waals surface area contributed by atoms with E-state index in [0.717, 1.165) is 15.4 Å². The molecule has 0 aliphatic carbocycles. The van der Waals surface area contributed by atoms with Gasteiger partial charge in [0.1, 0.15) is 0 Å². The van der Waals surface area contributed by atoms with Crippen molar-refractivity contribution in [2.75, 3.05) is 12.3 Å². The number of aromatic nitrogens is 1. The van der Waals surface area contributed by atoms with Gasteiger partial charge in [-0.3, -0.25) is 4.79 Å². The predicted molar refractivity (Wildman–Crippen MR) is 98.4 cm³/mol. The van der Waals surface area contributed by atoms with Crippen LogP contribution in [0.1, 0.15) is 15.2 Å². The van der Waals surface area contributed by atoms with Gasteiger partial charge in [-0.1, -0.05) is 18.2 Å². The Morgan fingerprint density at radius 1 is 1.16 bits per heavy atom. The summed E-state index contributed by atoms with van der Waals surface area (Å²) in [5.41, 5.74) is 6.89. The van der Waals surface area contributed by atoms with E-state index in [0.29, 0.717) is 17.2 Å². The zero-order valence-electron chi connectivity index (χ0n) is 13.1. The van der Waals surface area contributed by atoms with Gasteiger partial charge >= 0.3 is 5.97 Å². The first kappa shape index (κ1) is 17.1. The second kappa shape index (κ2) is 7.91. The molecule has 128 valence electrons. The van der Waals surface area contributed by atoms with Crippen LogP contribution in [0, 0.1) is 0 Å². The molecule has 2 aromatic heterocycles. The van der Waals surface area contributed by atoms with Gasteiger partial charge in [-0.05, 0) is 24.3 Å². The smallest absolute Gasteiger partial charge is 0.338 e. The molecule has 1 aromatic carbocycles. The monoisotopic (exact) mass is 373 g/mol. The molecule has 2 heterocycles. The molecule has 8 heteroatoms. The lowest BCUT2D eigenvalue weighted by molar-refractivity contribution is -0.124. The van der Waals surface area contributed by atoms with Crippen molar-refractivity contribution in [2.45, 2.75) is 6.54 Å². The quantitative estimate of drug-likeness (QED) is 0.648. The van der Waals surface area contributed by atoms with Crippen molar-refractivity contribution < 1.29 is 14.3 Å². The summed E-state index contributed by atoms with van der Waals surface area (Å²) in [6, 6.07) is 12.4. The molecule has 0 bridgehead atoms. The number of thiazole rings is 1. The van der Waals surface area contributed by atoms with Gasteiger partial charge in [0.2, 0.25) is 0 Å². The summed E-state index contributed by atoms with van der Waals surface area (Å²) in [5.74, 6) is -0.868. The van der Waals surface area contributed by atoms with Crippen molar-refractivity contribution >= 4 is 39.7 Å². The standard InChI is InChI=1S/C17H15N3O3S2/c18-17-20-13(10-24-17)14-7-6-12(25-14)8-19-15(21)9-23-16(22)11-4-2-1-3-5-11/h1-7,10H,8-9H2,(H2,18,20)(H,19,21). The predicted octanol–water partition coefficient (Wildman–Crippen LogP) is 2.93. The number of esters is 1. The zero-order valence-corrected chi connectivity index (χ0v) is 14.7. The van der Waals surface area contributed by atoms with E-state index >= 15 is 0 Å². The maximum atomic E-state index is 11.8. The summed E-state index contributed by atoms with van der Waals surface area (Å²) in [6.45, 7) is 0.0561. The molecule has 0 atom stereocenters. The summed E-state index contributed by atoms with van der Waals surface area (Å²) >= 11 is 2.92. The van der Waals surface area contributed by atoms with Crippen LogP contribution < -0.4 is 11.1 Å². The number of anilines is 1. The number of amides is 1. The molecule has 1 amide bonds. The molecule has 25 heavy (non-hydrogen) atoms. The fourth-order valence-electron chi connectivity index (χ4n) is 2.04. The molecule has 3 aromatic rings. The first-order valence-electron chi connectivity index (χ1n) is 7.41. The molecular weight excluding hydrogens is 358 g/mol. The van der Waals surface area contributed by atoms with E-state index in [9.17, 15) is 9.59 Å². The number of carbonyl (C=O) groups excluding carboxylic acids is 2. The summed E-state index contributed by atoms with van der Waals surface area (Å²) in [4.78, 5) is 29.8. The Labute approximate surface area is 152 Å². The second-order valence-corrected chi connectivity index (χ2v) is 7.11. The Hall–Kier alpha value is -2.71. The van der Waals surface area contributed by atoms with Gasteiger partial charge in [-0.2, -0.15) is 0 Å². The lowest BCUT2D eigenvalue weighted by Gasteiger charge is -2.05. The number of nitrogen functional groups attached to an aromatic ring is 1. The number of hydrogen-bond acceptors (Lipinski definition) is 7. The van der Waals surface area contributed by atoms with Crippen LogP contribution in [0.3, 0.4) is 0 Å². The molecule has 0 aliphatic rings. The Kier molecular flexibility index (Phi) is 5.42. The number of ether oxygens (including phenoxy) is 1. The Morgan fingerprint density at radius 2 is 1.96 bits per heavy atom. The van der Waals surface area contributed by atoms with Crippen LogP contribution in [0.4, 0.5) is 5.13 Å². The van der Waals surface area contributed by atoms with Crippen LogP contribution in [-0.4, -0.2) is 23.5 Å². The number of nitrogens with one attached hydrogen (secondary N) is 1. The number of carbonyl (C=O) groups is 2. The zero-order chi connectivity index (χ0) is 17.6. The van der Waals surface area contributed by atoms with Gasteiger partial charge in [0.05, 0.1) is 22.7 Å². The van der Waals surface area contributed by atoms with Crippen molar-refractivity contribution in [1.82, 2.24) is 10.3 Å². The highest BCUT2D eigenvalue weighted by atomic mass is 32.1. The van der Waals surface area contributed by atoms with Gasteiger partial charge in [0.15, 0.2) is 11.7 Å². The SMILES string of the molecule is Nc1nc(-c2ccc(CNC(=O)COC(=O)c3ccccc3)s2)cs1. The van der Waals surface area contributed by atoms with Crippen molar-refractivity contribution in [3.05, 3.63) is 58.3 Å². The maximum Gasteiger partial charge on any atom is 0.338 e. The van der Waals surface area contributed by atoms with E-state index < -0.39 is 5.97 Å². The average molecular weight is 373 g/mol. The summed E-state index contributed by atoms with van der Waals surface area (Å²) in [7, 11) is 0. The fourth-order valence-corrected chi connectivity index (χ4v) is 3.58. The van der Waals surface area contributed by atoms with Crippen molar-refractivity contribution in [1.29, 1.82) is 0 Å². The molecule has 0 saturated heterocycles. The second-order valence-electron chi connectivity index (χ2n) is 5.06. The minimum atomic E-state index is -0.518. The number of hydrogen-bond donors (Lipinski definition) is 2. The summed E-state index contributed by atoms with van der Waals surface area (Å²) in [6.07, 6.45) is 0. The van der Waals surface area contributed by atoms with E-state index in [4.69, 9.17) is 10.5 Å². The van der Waals surface area contributed by atoms with Crippen molar-refractivity contribution in [3.8, 4) is 10.6 Å². The summed E-state index contributed by atoms with van der Waals surface area (Å²) in [5, 5.41) is 5.15. The van der Waals surface area contributed by atoms with E-state index in [2.05, 4.69) is 10.3 Å². The molecule has 0 radical (unpaired) electrons. The van der Waals surface area contributed by atoms with Crippen molar-refractivity contribution in [3.63, 3.8) is 0 Å². The van der Waals surface area contributed by atoms with E-state index in [-0.39, 0.29) is 12.5 Å². The van der Waals surface area contributed by atoms with Gasteiger partial charge in [-0.15, -0.1) is 22.7 Å². The number of rotatable bonds is 6. The molecule has 6 nitrogen and oxygen atoms in total. The van der Waals surface area contributed by atoms with Crippen LogP contribution >= 0.6 is 22.7 Å². The number of nitrogens with two attached hydrogens (primary N) is 1. The largest absolute Gasteiger partial charge is 0.452 e. The minimum absolute atomic E-state index is 0.311. The van der Waals surface area contributed by atoms with E-state index in [1.54, 1.807) is 30.3 Å². The normalized spacial score (nSPS) is 10.4. The molecule has 0 aliphatic heterocycles. The van der Waals surface area contributed by atoms with E-state index in [1.165, 1.54) is 22.7 Å². The van der Waals surface area contributed by atoms with Gasteiger partial charge in [-0.25, -0.2) is 9.78 Å². The third-order valence-corrected chi connectivity index (χ3v) is 5.02.